The van der Waals surface area contributed by atoms with Crippen LogP contribution >= 0.6 is 0 Å². The molecule has 0 aromatic heterocycles. The first-order valence-electron chi connectivity index (χ1n) is 10.1. The van der Waals surface area contributed by atoms with Crippen LogP contribution in [0.4, 0.5) is 26.3 Å². The van der Waals surface area contributed by atoms with Gasteiger partial charge in [-0.1, -0.05) is 37.8 Å². The van der Waals surface area contributed by atoms with E-state index in [-0.39, 0.29) is 25.7 Å². The molecule has 0 spiro atoms. The van der Waals surface area contributed by atoms with Crippen LogP contribution in [0.15, 0.2) is 48.5 Å². The first kappa shape index (κ1) is 26.2. The monoisotopic (exact) mass is 462 g/mol. The van der Waals surface area contributed by atoms with Gasteiger partial charge >= 0.3 is 12.4 Å². The molecule has 0 aliphatic heterocycles. The maximum atomic E-state index is 13.2. The number of aliphatic hydroxyl groups is 1. The summed E-state index contributed by atoms with van der Waals surface area (Å²) >= 11 is 0. The lowest BCUT2D eigenvalue weighted by Gasteiger charge is -2.40. The maximum Gasteiger partial charge on any atom is 0.416 e. The highest BCUT2D eigenvalue weighted by Crippen LogP contribution is 2.42. The third kappa shape index (κ3) is 6.04. The van der Waals surface area contributed by atoms with Crippen LogP contribution in [-0.4, -0.2) is 17.8 Å². The molecule has 32 heavy (non-hydrogen) atoms. The van der Waals surface area contributed by atoms with Crippen molar-refractivity contribution in [3.63, 3.8) is 0 Å². The molecule has 0 amide bonds. The van der Waals surface area contributed by atoms with Gasteiger partial charge in [-0.05, 0) is 61.9 Å². The van der Waals surface area contributed by atoms with E-state index in [0.717, 1.165) is 5.56 Å². The summed E-state index contributed by atoms with van der Waals surface area (Å²) in [4.78, 5) is 0. The van der Waals surface area contributed by atoms with Gasteiger partial charge in [-0.3, -0.25) is 0 Å². The van der Waals surface area contributed by atoms with Crippen LogP contribution in [0.2, 0.25) is 0 Å². The van der Waals surface area contributed by atoms with Crippen LogP contribution in [0.5, 0.6) is 0 Å². The Hall–Kier alpha value is -2.06. The van der Waals surface area contributed by atoms with Gasteiger partial charge < -0.3 is 9.84 Å². The number of hydrogen-bond donors (Lipinski definition) is 1. The van der Waals surface area contributed by atoms with Gasteiger partial charge in [-0.25, -0.2) is 0 Å². The molecule has 1 saturated carbocycles. The van der Waals surface area contributed by atoms with Crippen LogP contribution in [0.1, 0.15) is 68.4 Å². The Labute approximate surface area is 184 Å². The normalized spacial score (nSPS) is 22.8. The number of halogens is 6. The molecule has 3 rings (SSSR count). The molecule has 0 radical (unpaired) electrons. The molecule has 1 aliphatic carbocycles. The lowest BCUT2D eigenvalue weighted by atomic mass is 9.69. The standard InChI is InChI=1S/C23H24F6O2.CH4/c1-15(16-11-18(22(24,25)26)13-19(12-16)23(27,28)29)31-14-21(9-7-20(30)8-10-21)17-5-3-2-4-6-17;/h2-6,11-13,15,20,30H,7-10,14H2,1H3;1H4/t15-,20?,21?;/m1./s1. The van der Waals surface area contributed by atoms with Gasteiger partial charge in [0.15, 0.2) is 0 Å². The highest BCUT2D eigenvalue weighted by Gasteiger charge is 2.39. The van der Waals surface area contributed by atoms with Gasteiger partial charge in [-0.15, -0.1) is 0 Å². The molecule has 2 aromatic carbocycles. The van der Waals surface area contributed by atoms with Crippen LogP contribution in [-0.2, 0) is 22.5 Å². The molecule has 8 heteroatoms. The van der Waals surface area contributed by atoms with E-state index in [1.807, 2.05) is 30.3 Å². The summed E-state index contributed by atoms with van der Waals surface area (Å²) in [6.45, 7) is 1.58. The molecular weight excluding hydrogens is 434 g/mol. The Morgan fingerprint density at radius 3 is 1.91 bits per heavy atom. The Morgan fingerprint density at radius 2 is 1.44 bits per heavy atom. The summed E-state index contributed by atoms with van der Waals surface area (Å²) in [6, 6.07) is 11.0. The molecule has 178 valence electrons. The van der Waals surface area contributed by atoms with Gasteiger partial charge in [0.05, 0.1) is 29.9 Å². The first-order valence-corrected chi connectivity index (χ1v) is 10.1. The summed E-state index contributed by atoms with van der Waals surface area (Å²) < 4.78 is 84.9. The Morgan fingerprint density at radius 1 is 0.938 bits per heavy atom. The van der Waals surface area contributed by atoms with E-state index in [1.54, 1.807) is 0 Å². The second-order valence-corrected chi connectivity index (χ2v) is 8.17. The van der Waals surface area contributed by atoms with Crippen molar-refractivity contribution in [3.8, 4) is 0 Å². The second kappa shape index (κ2) is 9.83. The highest BCUT2D eigenvalue weighted by atomic mass is 19.4. The SMILES string of the molecule is C.C[C@@H](OCC1(c2ccccc2)CCC(O)CC1)c1cc(C(F)(F)F)cc(C(F)(F)F)c1. The summed E-state index contributed by atoms with van der Waals surface area (Å²) in [6.07, 6.45) is -8.88. The average molecular weight is 462 g/mol. The first-order chi connectivity index (χ1) is 14.4. The number of benzene rings is 2. The van der Waals surface area contributed by atoms with E-state index in [0.29, 0.717) is 37.8 Å². The fourth-order valence-corrected chi connectivity index (χ4v) is 4.06. The van der Waals surface area contributed by atoms with E-state index in [9.17, 15) is 31.4 Å². The lowest BCUT2D eigenvalue weighted by Crippen LogP contribution is -2.38. The molecule has 0 bridgehead atoms. The Bertz CT molecular complexity index is 836. The van der Waals surface area contributed by atoms with Crippen molar-refractivity contribution in [2.75, 3.05) is 6.61 Å². The Balaban J connectivity index is 0.00000363. The third-order valence-electron chi connectivity index (χ3n) is 5.99. The summed E-state index contributed by atoms with van der Waals surface area (Å²) in [5.74, 6) is 0. The summed E-state index contributed by atoms with van der Waals surface area (Å²) in [5, 5.41) is 9.90. The van der Waals surface area contributed by atoms with Crippen molar-refractivity contribution < 1.29 is 36.2 Å². The van der Waals surface area contributed by atoms with E-state index in [4.69, 9.17) is 4.74 Å². The molecular formula is C24H28F6O2. The number of hydrogen-bond acceptors (Lipinski definition) is 2. The summed E-state index contributed by atoms with van der Waals surface area (Å²) in [7, 11) is 0. The van der Waals surface area contributed by atoms with Crippen LogP contribution in [0.25, 0.3) is 0 Å². The van der Waals surface area contributed by atoms with E-state index in [2.05, 4.69) is 0 Å². The van der Waals surface area contributed by atoms with Crippen molar-refractivity contribution in [1.82, 2.24) is 0 Å². The molecule has 2 aromatic rings. The largest absolute Gasteiger partial charge is 0.416 e. The number of aliphatic hydroxyl groups excluding tert-OH is 1. The molecule has 1 fully saturated rings. The Kier molecular flexibility index (Phi) is 8.05. The molecule has 0 saturated heterocycles. The van der Waals surface area contributed by atoms with Crippen molar-refractivity contribution in [3.05, 3.63) is 70.8 Å². The maximum absolute atomic E-state index is 13.2. The van der Waals surface area contributed by atoms with Gasteiger partial charge in [0.1, 0.15) is 0 Å². The zero-order valence-corrected chi connectivity index (χ0v) is 16.9. The fraction of sp³-hybridized carbons (Fsp3) is 0.500. The molecule has 0 heterocycles. The molecule has 0 unspecified atom stereocenters. The fourth-order valence-electron chi connectivity index (χ4n) is 4.06. The molecule has 1 N–H and O–H groups in total. The topological polar surface area (TPSA) is 29.5 Å². The smallest absolute Gasteiger partial charge is 0.393 e. The number of ether oxygens (including phenoxy) is 1. The zero-order valence-electron chi connectivity index (χ0n) is 16.9. The molecule has 1 atom stereocenters. The van der Waals surface area contributed by atoms with Crippen LogP contribution in [0.3, 0.4) is 0 Å². The minimum absolute atomic E-state index is 0. The quantitative estimate of drug-likeness (QED) is 0.472. The predicted octanol–water partition coefficient (Wildman–Crippen LogP) is 7.31. The van der Waals surface area contributed by atoms with Gasteiger partial charge in [0, 0.05) is 5.41 Å². The number of alkyl halides is 6. The van der Waals surface area contributed by atoms with Crippen molar-refractivity contribution >= 4 is 0 Å². The van der Waals surface area contributed by atoms with Gasteiger partial charge in [-0.2, -0.15) is 26.3 Å². The second-order valence-electron chi connectivity index (χ2n) is 8.17. The van der Waals surface area contributed by atoms with Gasteiger partial charge in [0.2, 0.25) is 0 Å². The summed E-state index contributed by atoms with van der Waals surface area (Å²) in [5.41, 5.74) is -2.36. The molecule has 2 nitrogen and oxygen atoms in total. The third-order valence-corrected chi connectivity index (χ3v) is 5.99. The van der Waals surface area contributed by atoms with E-state index >= 15 is 0 Å². The van der Waals surface area contributed by atoms with Crippen molar-refractivity contribution in [1.29, 1.82) is 0 Å². The number of rotatable bonds is 5. The van der Waals surface area contributed by atoms with E-state index in [1.165, 1.54) is 6.92 Å². The van der Waals surface area contributed by atoms with E-state index < -0.39 is 41.1 Å². The van der Waals surface area contributed by atoms with Crippen LogP contribution < -0.4 is 0 Å². The van der Waals surface area contributed by atoms with Crippen molar-refractivity contribution in [2.24, 2.45) is 0 Å². The zero-order chi connectivity index (χ0) is 22.9. The lowest BCUT2D eigenvalue weighted by molar-refractivity contribution is -0.143. The van der Waals surface area contributed by atoms with Crippen molar-refractivity contribution in [2.45, 2.75) is 70.0 Å². The minimum atomic E-state index is -4.90. The predicted molar refractivity (Wildman–Crippen MR) is 110 cm³/mol. The average Bonchev–Trinajstić information content (AvgIpc) is 2.72. The molecule has 1 aliphatic rings. The highest BCUT2D eigenvalue weighted by molar-refractivity contribution is 5.35. The minimum Gasteiger partial charge on any atom is -0.393 e. The van der Waals surface area contributed by atoms with Gasteiger partial charge in [0.25, 0.3) is 0 Å². The van der Waals surface area contributed by atoms with Crippen LogP contribution in [0, 0.1) is 0 Å².